The van der Waals surface area contributed by atoms with Crippen LogP contribution < -0.4 is 4.74 Å². The summed E-state index contributed by atoms with van der Waals surface area (Å²) in [4.78, 5) is 0. The normalized spacial score (nSPS) is 11.9. The molecule has 0 aliphatic rings. The van der Waals surface area contributed by atoms with Crippen molar-refractivity contribution in [2.75, 3.05) is 0 Å². The number of aromatic amines is 1. The fourth-order valence-electron chi connectivity index (χ4n) is 2.62. The molecule has 1 heterocycles. The van der Waals surface area contributed by atoms with Crippen molar-refractivity contribution in [1.29, 1.82) is 5.26 Å². The number of nitriles is 1. The van der Waals surface area contributed by atoms with Crippen molar-refractivity contribution < 1.29 is 35.5 Å². The number of nitrogens with one attached hydrogen (secondary N) is 1. The van der Waals surface area contributed by atoms with Crippen molar-refractivity contribution in [2.24, 2.45) is 0 Å². The molecule has 12 heteroatoms. The molecule has 0 saturated heterocycles. The van der Waals surface area contributed by atoms with Gasteiger partial charge in [0.2, 0.25) is 0 Å². The molecule has 1 aromatic heterocycles. The van der Waals surface area contributed by atoms with Crippen LogP contribution in [0.25, 0.3) is 11.3 Å². The fraction of sp³-hybridized carbons (Fsp3) is 0.167. The number of hydrogen-bond donors (Lipinski definition) is 1. The van der Waals surface area contributed by atoms with Crippen LogP contribution in [0.1, 0.15) is 22.4 Å². The van der Waals surface area contributed by atoms with Gasteiger partial charge in [-0.1, -0.05) is 11.3 Å². The van der Waals surface area contributed by atoms with Crippen molar-refractivity contribution in [3.8, 4) is 23.1 Å². The van der Waals surface area contributed by atoms with Gasteiger partial charge < -0.3 is 4.74 Å². The predicted molar refractivity (Wildman–Crippen MR) is 87.3 cm³/mol. The third-order valence-corrected chi connectivity index (χ3v) is 4.00. The van der Waals surface area contributed by atoms with Crippen LogP contribution in [0.5, 0.6) is 5.75 Å². The minimum atomic E-state index is -4.94. The van der Waals surface area contributed by atoms with Crippen molar-refractivity contribution in [1.82, 2.24) is 15.4 Å². The van der Waals surface area contributed by atoms with E-state index in [0.29, 0.717) is 18.2 Å². The number of benzene rings is 2. The highest BCUT2D eigenvalue weighted by Gasteiger charge is 2.37. The summed E-state index contributed by atoms with van der Waals surface area (Å²) in [5.41, 5.74) is -4.00. The van der Waals surface area contributed by atoms with Crippen LogP contribution in [-0.4, -0.2) is 15.4 Å². The van der Waals surface area contributed by atoms with E-state index in [4.69, 9.17) is 10.00 Å². The van der Waals surface area contributed by atoms with Gasteiger partial charge in [-0.05, 0) is 30.3 Å². The van der Waals surface area contributed by atoms with E-state index in [2.05, 4.69) is 15.4 Å². The van der Waals surface area contributed by atoms with E-state index in [1.807, 2.05) is 0 Å². The molecule has 5 nitrogen and oxygen atoms in total. The van der Waals surface area contributed by atoms with Gasteiger partial charge in [-0.15, -0.1) is 5.10 Å². The molecule has 30 heavy (non-hydrogen) atoms. The van der Waals surface area contributed by atoms with Gasteiger partial charge in [0.05, 0.1) is 11.1 Å². The molecule has 1 N–H and O–H groups in total. The minimum Gasteiger partial charge on any atom is -0.486 e. The van der Waals surface area contributed by atoms with Crippen molar-refractivity contribution in [3.63, 3.8) is 0 Å². The SMILES string of the molecule is N#Cc1[nH]nnc1-c1cccc(OCc2cc(C(F)(F)F)ccc2C(F)(F)F)c1F. The minimum absolute atomic E-state index is 0.157. The number of nitrogens with zero attached hydrogens (tertiary/aromatic N) is 3. The van der Waals surface area contributed by atoms with Gasteiger partial charge in [0.1, 0.15) is 18.4 Å². The summed E-state index contributed by atoms with van der Waals surface area (Å²) in [5.74, 6) is -1.60. The molecule has 156 valence electrons. The number of H-pyrrole nitrogens is 1. The number of alkyl halides is 6. The number of ether oxygens (including phenoxy) is 1. The van der Waals surface area contributed by atoms with Crippen LogP contribution in [0, 0.1) is 17.1 Å². The Morgan fingerprint density at radius 2 is 1.77 bits per heavy atom. The zero-order valence-electron chi connectivity index (χ0n) is 14.6. The van der Waals surface area contributed by atoms with Gasteiger partial charge in [-0.25, -0.2) is 9.49 Å². The molecule has 0 radical (unpaired) electrons. The zero-order valence-corrected chi connectivity index (χ0v) is 14.6. The predicted octanol–water partition coefficient (Wildman–Crippen LogP) is 5.10. The zero-order chi connectivity index (χ0) is 22.1. The second kappa shape index (κ2) is 7.66. The van der Waals surface area contributed by atoms with E-state index in [1.54, 1.807) is 6.07 Å². The molecule has 0 aliphatic heterocycles. The third-order valence-electron chi connectivity index (χ3n) is 4.00. The Morgan fingerprint density at radius 1 is 1.03 bits per heavy atom. The number of aromatic nitrogens is 3. The lowest BCUT2D eigenvalue weighted by Gasteiger charge is -2.17. The molecule has 0 spiro atoms. The fourth-order valence-corrected chi connectivity index (χ4v) is 2.62. The molecule has 3 aromatic rings. The highest BCUT2D eigenvalue weighted by Crippen LogP contribution is 2.37. The van der Waals surface area contributed by atoms with Gasteiger partial charge in [0.15, 0.2) is 17.3 Å². The first kappa shape index (κ1) is 21.1. The van der Waals surface area contributed by atoms with E-state index < -0.39 is 47.2 Å². The third kappa shape index (κ3) is 4.19. The Labute approximate surface area is 163 Å². The molecule has 0 atom stereocenters. The van der Waals surface area contributed by atoms with E-state index in [1.165, 1.54) is 12.1 Å². The Kier molecular flexibility index (Phi) is 5.39. The maximum atomic E-state index is 14.7. The summed E-state index contributed by atoms with van der Waals surface area (Å²) in [7, 11) is 0. The summed E-state index contributed by atoms with van der Waals surface area (Å²) in [5, 5.41) is 18.1. The molecule has 0 fully saturated rings. The summed E-state index contributed by atoms with van der Waals surface area (Å²) >= 11 is 0. The van der Waals surface area contributed by atoms with Crippen LogP contribution in [0.3, 0.4) is 0 Å². The lowest BCUT2D eigenvalue weighted by molar-refractivity contribution is -0.142. The smallest absolute Gasteiger partial charge is 0.416 e. The van der Waals surface area contributed by atoms with Crippen LogP contribution in [-0.2, 0) is 19.0 Å². The van der Waals surface area contributed by atoms with Gasteiger partial charge in [-0.2, -0.15) is 31.6 Å². The van der Waals surface area contributed by atoms with Crippen molar-refractivity contribution in [3.05, 3.63) is 64.6 Å². The Hall–Kier alpha value is -3.62. The summed E-state index contributed by atoms with van der Waals surface area (Å²) in [6.07, 6.45) is -9.81. The molecule has 0 saturated carbocycles. The summed E-state index contributed by atoms with van der Waals surface area (Å²) < 4.78 is 97.9. The average molecular weight is 430 g/mol. The molecule has 2 aromatic carbocycles. The molecule has 0 unspecified atom stereocenters. The molecule has 0 aliphatic carbocycles. The first-order valence-electron chi connectivity index (χ1n) is 8.02. The molecule has 3 rings (SSSR count). The largest absolute Gasteiger partial charge is 0.486 e. The highest BCUT2D eigenvalue weighted by molar-refractivity contribution is 5.66. The summed E-state index contributed by atoms with van der Waals surface area (Å²) in [6.45, 7) is -0.983. The number of hydrogen-bond acceptors (Lipinski definition) is 4. The van der Waals surface area contributed by atoms with E-state index in [-0.39, 0.29) is 17.0 Å². The second-order valence-corrected chi connectivity index (χ2v) is 5.92. The highest BCUT2D eigenvalue weighted by atomic mass is 19.4. The Bertz CT molecular complexity index is 1110. The van der Waals surface area contributed by atoms with E-state index in [0.717, 1.165) is 6.07 Å². The molecule has 0 amide bonds. The molecule has 0 bridgehead atoms. The van der Waals surface area contributed by atoms with Crippen LogP contribution in [0.4, 0.5) is 30.7 Å². The van der Waals surface area contributed by atoms with E-state index >= 15 is 0 Å². The first-order chi connectivity index (χ1) is 14.0. The van der Waals surface area contributed by atoms with Gasteiger partial charge in [-0.3, -0.25) is 0 Å². The van der Waals surface area contributed by atoms with Crippen LogP contribution >= 0.6 is 0 Å². The quantitative estimate of drug-likeness (QED) is 0.585. The van der Waals surface area contributed by atoms with Crippen molar-refractivity contribution >= 4 is 0 Å². The average Bonchev–Trinajstić information content (AvgIpc) is 3.14. The van der Waals surface area contributed by atoms with Crippen LogP contribution in [0.2, 0.25) is 0 Å². The maximum Gasteiger partial charge on any atom is 0.416 e. The van der Waals surface area contributed by atoms with Crippen molar-refractivity contribution in [2.45, 2.75) is 19.0 Å². The van der Waals surface area contributed by atoms with Crippen LogP contribution in [0.15, 0.2) is 36.4 Å². The van der Waals surface area contributed by atoms with Gasteiger partial charge in [0.25, 0.3) is 0 Å². The standard InChI is InChI=1S/C18H9F7N4O/c19-15-11(16-13(7-26)27-29-28-16)2-1-3-14(15)30-8-9-6-10(17(20,21)22)4-5-12(9)18(23,24)25/h1-6H,8H2,(H,27,28,29). The Morgan fingerprint density at radius 3 is 2.40 bits per heavy atom. The van der Waals surface area contributed by atoms with Gasteiger partial charge >= 0.3 is 12.4 Å². The maximum absolute atomic E-state index is 14.7. The first-order valence-corrected chi connectivity index (χ1v) is 8.02. The lowest BCUT2D eigenvalue weighted by Crippen LogP contribution is -2.14. The topological polar surface area (TPSA) is 74.6 Å². The molecular weight excluding hydrogens is 421 g/mol. The van der Waals surface area contributed by atoms with E-state index in [9.17, 15) is 30.7 Å². The lowest BCUT2D eigenvalue weighted by atomic mass is 10.0. The Balaban J connectivity index is 1.96. The van der Waals surface area contributed by atoms with Gasteiger partial charge in [0, 0.05) is 11.1 Å². The second-order valence-electron chi connectivity index (χ2n) is 5.92. The summed E-state index contributed by atoms with van der Waals surface area (Å²) in [6, 6.07) is 6.19. The number of rotatable bonds is 4. The molecular formula is C18H9F7N4O. The number of halogens is 7. The monoisotopic (exact) mass is 430 g/mol.